The third-order valence-corrected chi connectivity index (χ3v) is 7.07. The molecule has 1 amide bonds. The Morgan fingerprint density at radius 1 is 1.00 bits per heavy atom. The highest BCUT2D eigenvalue weighted by Crippen LogP contribution is 2.31. The van der Waals surface area contributed by atoms with Crippen molar-refractivity contribution in [3.05, 3.63) is 89.3 Å². The zero-order chi connectivity index (χ0) is 21.5. The molecule has 2 heterocycles. The first-order chi connectivity index (χ1) is 15.2. The molecule has 0 spiro atoms. The quantitative estimate of drug-likeness (QED) is 0.356. The van der Waals surface area contributed by atoms with Crippen LogP contribution < -0.4 is 5.32 Å². The van der Waals surface area contributed by atoms with Crippen LogP contribution in [0.4, 0.5) is 0 Å². The summed E-state index contributed by atoms with van der Waals surface area (Å²) in [5, 5.41) is 14.5. The average Bonchev–Trinajstić information content (AvgIpc) is 3.47. The van der Waals surface area contributed by atoms with Crippen molar-refractivity contribution in [2.75, 3.05) is 0 Å². The molecule has 0 fully saturated rings. The summed E-state index contributed by atoms with van der Waals surface area (Å²) in [5.41, 5.74) is 2.26. The Morgan fingerprint density at radius 2 is 1.71 bits per heavy atom. The lowest BCUT2D eigenvalue weighted by molar-refractivity contribution is -0.120. The minimum absolute atomic E-state index is 0.0169. The molecular formula is C24H24N4OS2. The van der Waals surface area contributed by atoms with E-state index in [4.69, 9.17) is 0 Å². The van der Waals surface area contributed by atoms with Gasteiger partial charge in [0.15, 0.2) is 11.0 Å². The first kappa shape index (κ1) is 21.3. The lowest BCUT2D eigenvalue weighted by Gasteiger charge is -2.16. The molecule has 0 radical (unpaired) electrons. The van der Waals surface area contributed by atoms with Crippen LogP contribution in [0.2, 0.25) is 0 Å². The van der Waals surface area contributed by atoms with E-state index in [0.717, 1.165) is 21.4 Å². The molecule has 158 valence electrons. The highest BCUT2D eigenvalue weighted by molar-refractivity contribution is 8.00. The number of hydrogen-bond donors (Lipinski definition) is 1. The molecule has 4 rings (SSSR count). The van der Waals surface area contributed by atoms with Crippen molar-refractivity contribution in [2.24, 2.45) is 0 Å². The molecule has 5 nitrogen and oxygen atoms in total. The molecule has 31 heavy (non-hydrogen) atoms. The van der Waals surface area contributed by atoms with E-state index in [1.807, 2.05) is 66.9 Å². The minimum Gasteiger partial charge on any atom is -0.351 e. The van der Waals surface area contributed by atoms with Gasteiger partial charge in [0, 0.05) is 6.54 Å². The smallest absolute Gasteiger partial charge is 0.233 e. The van der Waals surface area contributed by atoms with Crippen LogP contribution in [-0.4, -0.2) is 25.9 Å². The van der Waals surface area contributed by atoms with E-state index in [1.54, 1.807) is 11.3 Å². The summed E-state index contributed by atoms with van der Waals surface area (Å²) < 4.78 is 2.11. The van der Waals surface area contributed by atoms with E-state index in [-0.39, 0.29) is 11.2 Å². The fourth-order valence-electron chi connectivity index (χ4n) is 3.22. The molecule has 0 aliphatic rings. The maximum atomic E-state index is 12.9. The van der Waals surface area contributed by atoms with Crippen molar-refractivity contribution >= 4 is 29.0 Å². The molecule has 1 N–H and O–H groups in total. The van der Waals surface area contributed by atoms with Gasteiger partial charge in [0.25, 0.3) is 0 Å². The number of benzene rings is 2. The second kappa shape index (κ2) is 10.4. The average molecular weight is 449 g/mol. The van der Waals surface area contributed by atoms with Gasteiger partial charge >= 0.3 is 0 Å². The fourth-order valence-corrected chi connectivity index (χ4v) is 4.92. The Bertz CT molecular complexity index is 1100. The molecule has 0 saturated heterocycles. The monoisotopic (exact) mass is 448 g/mol. The Labute approximate surface area is 190 Å². The number of nitrogens with zero attached hydrogens (tertiary/aromatic N) is 3. The maximum absolute atomic E-state index is 12.9. The number of hydrogen-bond acceptors (Lipinski definition) is 5. The van der Waals surface area contributed by atoms with Crippen LogP contribution in [0, 0.1) is 0 Å². The molecule has 0 bridgehead atoms. The predicted octanol–water partition coefficient (Wildman–Crippen LogP) is 5.24. The second-order valence-electron chi connectivity index (χ2n) is 7.07. The van der Waals surface area contributed by atoms with Gasteiger partial charge in [-0.3, -0.25) is 9.36 Å². The second-order valence-corrected chi connectivity index (χ2v) is 9.19. The van der Waals surface area contributed by atoms with E-state index < -0.39 is 0 Å². The number of rotatable bonds is 9. The topological polar surface area (TPSA) is 59.8 Å². The van der Waals surface area contributed by atoms with Gasteiger partial charge in [-0.2, -0.15) is 0 Å². The SMILES string of the molecule is CCC(Sc1nnc(-c2cccs2)n1Cc1ccccc1)C(=O)NCc1ccccc1. The van der Waals surface area contributed by atoms with Gasteiger partial charge in [-0.05, 0) is 29.0 Å². The van der Waals surface area contributed by atoms with Crippen LogP contribution in [-0.2, 0) is 17.9 Å². The Balaban J connectivity index is 1.54. The Kier molecular flexibility index (Phi) is 7.17. The fraction of sp³-hybridized carbons (Fsp3) is 0.208. The van der Waals surface area contributed by atoms with Gasteiger partial charge in [-0.25, -0.2) is 0 Å². The van der Waals surface area contributed by atoms with Crippen LogP contribution in [0.15, 0.2) is 83.3 Å². The standard InChI is InChI=1S/C24H24N4OS2/c1-2-20(23(29)25-16-18-10-5-3-6-11-18)31-24-27-26-22(21-14-9-15-30-21)28(24)17-19-12-7-4-8-13-19/h3-15,20H,2,16-17H2,1H3,(H,25,29). The van der Waals surface area contributed by atoms with Crippen LogP contribution >= 0.6 is 23.1 Å². The highest BCUT2D eigenvalue weighted by Gasteiger charge is 2.23. The van der Waals surface area contributed by atoms with Gasteiger partial charge < -0.3 is 5.32 Å². The molecular weight excluding hydrogens is 424 g/mol. The van der Waals surface area contributed by atoms with Crippen molar-refractivity contribution in [1.82, 2.24) is 20.1 Å². The Hall–Kier alpha value is -2.90. The molecule has 2 aromatic carbocycles. The normalized spacial score (nSPS) is 11.9. The lowest BCUT2D eigenvalue weighted by atomic mass is 10.2. The van der Waals surface area contributed by atoms with Gasteiger partial charge in [-0.1, -0.05) is 85.4 Å². The van der Waals surface area contributed by atoms with E-state index in [0.29, 0.717) is 19.5 Å². The molecule has 0 saturated carbocycles. The summed E-state index contributed by atoms with van der Waals surface area (Å²) in [6, 6.07) is 24.3. The van der Waals surface area contributed by atoms with Gasteiger partial charge in [0.1, 0.15) is 0 Å². The molecule has 1 unspecified atom stereocenters. The summed E-state index contributed by atoms with van der Waals surface area (Å²) >= 11 is 3.12. The highest BCUT2D eigenvalue weighted by atomic mass is 32.2. The molecule has 4 aromatic rings. The van der Waals surface area contributed by atoms with Crippen molar-refractivity contribution in [2.45, 2.75) is 36.8 Å². The number of amides is 1. The Morgan fingerprint density at radius 3 is 2.35 bits per heavy atom. The van der Waals surface area contributed by atoms with Crippen LogP contribution in [0.3, 0.4) is 0 Å². The first-order valence-corrected chi connectivity index (χ1v) is 12.0. The summed E-state index contributed by atoms with van der Waals surface area (Å²) in [6.07, 6.45) is 0.706. The molecule has 0 aliphatic heterocycles. The van der Waals surface area contributed by atoms with Crippen molar-refractivity contribution < 1.29 is 4.79 Å². The van der Waals surface area contributed by atoms with E-state index in [2.05, 4.69) is 38.3 Å². The molecule has 1 atom stereocenters. The number of thiophene rings is 1. The zero-order valence-corrected chi connectivity index (χ0v) is 18.9. The van der Waals surface area contributed by atoms with Crippen LogP contribution in [0.5, 0.6) is 0 Å². The first-order valence-electron chi connectivity index (χ1n) is 10.2. The van der Waals surface area contributed by atoms with Crippen molar-refractivity contribution in [3.8, 4) is 10.7 Å². The number of nitrogens with one attached hydrogen (secondary N) is 1. The number of carbonyl (C=O) groups is 1. The summed E-state index contributed by atoms with van der Waals surface area (Å²) in [6.45, 7) is 3.21. The van der Waals surface area contributed by atoms with Gasteiger partial charge in [-0.15, -0.1) is 21.5 Å². The minimum atomic E-state index is -0.237. The number of aromatic nitrogens is 3. The summed E-state index contributed by atoms with van der Waals surface area (Å²) in [5.74, 6) is 0.851. The van der Waals surface area contributed by atoms with E-state index in [1.165, 1.54) is 17.3 Å². The van der Waals surface area contributed by atoms with Gasteiger partial charge in [0.05, 0.1) is 16.7 Å². The number of carbonyl (C=O) groups excluding carboxylic acids is 1. The maximum Gasteiger partial charge on any atom is 0.233 e. The van der Waals surface area contributed by atoms with Crippen molar-refractivity contribution in [1.29, 1.82) is 0 Å². The molecule has 0 aliphatic carbocycles. The largest absolute Gasteiger partial charge is 0.351 e. The van der Waals surface area contributed by atoms with Gasteiger partial charge in [0.2, 0.25) is 5.91 Å². The summed E-state index contributed by atoms with van der Waals surface area (Å²) in [4.78, 5) is 13.9. The van der Waals surface area contributed by atoms with E-state index >= 15 is 0 Å². The summed E-state index contributed by atoms with van der Waals surface area (Å²) in [7, 11) is 0. The zero-order valence-electron chi connectivity index (χ0n) is 17.3. The lowest BCUT2D eigenvalue weighted by Crippen LogP contribution is -2.32. The third kappa shape index (κ3) is 5.42. The molecule has 2 aromatic heterocycles. The predicted molar refractivity (Wildman–Crippen MR) is 127 cm³/mol. The third-order valence-electron chi connectivity index (χ3n) is 4.86. The van der Waals surface area contributed by atoms with Crippen molar-refractivity contribution in [3.63, 3.8) is 0 Å². The van der Waals surface area contributed by atoms with Crippen LogP contribution in [0.1, 0.15) is 24.5 Å². The number of thioether (sulfide) groups is 1. The van der Waals surface area contributed by atoms with Crippen LogP contribution in [0.25, 0.3) is 10.7 Å². The molecule has 7 heteroatoms. The van der Waals surface area contributed by atoms with E-state index in [9.17, 15) is 4.79 Å².